The highest BCUT2D eigenvalue weighted by Gasteiger charge is 2.16. The van der Waals surface area contributed by atoms with Crippen molar-refractivity contribution in [2.24, 2.45) is 0 Å². The molecule has 1 aliphatic rings. The highest BCUT2D eigenvalue weighted by Crippen LogP contribution is 2.18. The van der Waals surface area contributed by atoms with E-state index in [1.54, 1.807) is 6.20 Å². The second-order valence-electron chi connectivity index (χ2n) is 4.50. The molecule has 0 unspecified atom stereocenters. The summed E-state index contributed by atoms with van der Waals surface area (Å²) < 4.78 is 7.15. The Hall–Kier alpha value is -2.22. The first-order valence-corrected chi connectivity index (χ1v) is 6.63. The van der Waals surface area contributed by atoms with E-state index in [0.29, 0.717) is 25.0 Å². The van der Waals surface area contributed by atoms with Gasteiger partial charge in [-0.05, 0) is 6.92 Å². The van der Waals surface area contributed by atoms with E-state index in [-0.39, 0.29) is 5.95 Å². The SMILES string of the molecule is CCn1cc(-c2nc(N)nc(N3CCOCC3)n2)cn1. The molecule has 0 aromatic carbocycles. The monoisotopic (exact) mass is 275 g/mol. The van der Waals surface area contributed by atoms with Gasteiger partial charge in [0.05, 0.1) is 25.0 Å². The summed E-state index contributed by atoms with van der Waals surface area (Å²) in [5, 5.41) is 4.22. The average molecular weight is 275 g/mol. The third-order valence-corrected chi connectivity index (χ3v) is 3.15. The molecule has 3 heterocycles. The molecule has 0 atom stereocenters. The zero-order valence-electron chi connectivity index (χ0n) is 11.4. The average Bonchev–Trinajstić information content (AvgIpc) is 2.96. The van der Waals surface area contributed by atoms with Crippen LogP contribution >= 0.6 is 0 Å². The molecule has 1 fully saturated rings. The molecular weight excluding hydrogens is 258 g/mol. The molecule has 0 radical (unpaired) electrons. The van der Waals surface area contributed by atoms with Gasteiger partial charge in [0, 0.05) is 25.8 Å². The first-order chi connectivity index (χ1) is 9.76. The van der Waals surface area contributed by atoms with Crippen molar-refractivity contribution in [3.8, 4) is 11.4 Å². The predicted molar refractivity (Wildman–Crippen MR) is 74.2 cm³/mol. The van der Waals surface area contributed by atoms with Gasteiger partial charge in [-0.1, -0.05) is 0 Å². The largest absolute Gasteiger partial charge is 0.378 e. The summed E-state index contributed by atoms with van der Waals surface area (Å²) >= 11 is 0. The molecule has 2 aromatic rings. The van der Waals surface area contributed by atoms with Crippen molar-refractivity contribution in [3.63, 3.8) is 0 Å². The Balaban J connectivity index is 1.93. The highest BCUT2D eigenvalue weighted by molar-refractivity contribution is 5.55. The van der Waals surface area contributed by atoms with Crippen LogP contribution in [0.4, 0.5) is 11.9 Å². The minimum absolute atomic E-state index is 0.223. The van der Waals surface area contributed by atoms with E-state index in [9.17, 15) is 0 Å². The lowest BCUT2D eigenvalue weighted by atomic mass is 10.3. The molecule has 0 bridgehead atoms. The van der Waals surface area contributed by atoms with Gasteiger partial charge < -0.3 is 15.4 Å². The third kappa shape index (κ3) is 2.55. The number of nitrogens with two attached hydrogens (primary N) is 1. The van der Waals surface area contributed by atoms with Crippen LogP contribution in [0.25, 0.3) is 11.4 Å². The van der Waals surface area contributed by atoms with Crippen LogP contribution in [0.5, 0.6) is 0 Å². The van der Waals surface area contributed by atoms with E-state index in [1.807, 2.05) is 17.8 Å². The van der Waals surface area contributed by atoms with Crippen LogP contribution in [-0.4, -0.2) is 51.0 Å². The number of aromatic nitrogens is 5. The van der Waals surface area contributed by atoms with Gasteiger partial charge in [0.2, 0.25) is 11.9 Å². The summed E-state index contributed by atoms with van der Waals surface area (Å²) in [4.78, 5) is 14.9. The van der Waals surface area contributed by atoms with Crippen molar-refractivity contribution in [3.05, 3.63) is 12.4 Å². The summed E-state index contributed by atoms with van der Waals surface area (Å²) in [7, 11) is 0. The predicted octanol–water partition coefficient (Wildman–Crippen LogP) is 0.174. The number of nitrogens with zero attached hydrogens (tertiary/aromatic N) is 6. The van der Waals surface area contributed by atoms with Crippen molar-refractivity contribution in [1.29, 1.82) is 0 Å². The topological polar surface area (TPSA) is 95.0 Å². The van der Waals surface area contributed by atoms with Crippen LogP contribution < -0.4 is 10.6 Å². The van der Waals surface area contributed by atoms with E-state index in [1.165, 1.54) is 0 Å². The van der Waals surface area contributed by atoms with E-state index in [0.717, 1.165) is 25.2 Å². The van der Waals surface area contributed by atoms with Crippen molar-refractivity contribution >= 4 is 11.9 Å². The van der Waals surface area contributed by atoms with Crippen LogP contribution in [-0.2, 0) is 11.3 Å². The third-order valence-electron chi connectivity index (χ3n) is 3.15. The lowest BCUT2D eigenvalue weighted by molar-refractivity contribution is 0.122. The summed E-state index contributed by atoms with van der Waals surface area (Å²) in [5.74, 6) is 1.37. The molecule has 2 aromatic heterocycles. The summed E-state index contributed by atoms with van der Waals surface area (Å²) in [6, 6.07) is 0. The molecule has 8 heteroatoms. The van der Waals surface area contributed by atoms with Gasteiger partial charge in [-0.15, -0.1) is 0 Å². The molecule has 8 nitrogen and oxygen atoms in total. The molecule has 1 aliphatic heterocycles. The molecule has 0 aliphatic carbocycles. The number of hydrogen-bond acceptors (Lipinski definition) is 7. The number of aryl methyl sites for hydroxylation is 1. The number of morpholine rings is 1. The van der Waals surface area contributed by atoms with Gasteiger partial charge in [-0.2, -0.15) is 20.1 Å². The van der Waals surface area contributed by atoms with Crippen LogP contribution in [0.3, 0.4) is 0 Å². The van der Waals surface area contributed by atoms with Crippen molar-refractivity contribution in [2.45, 2.75) is 13.5 Å². The quantitative estimate of drug-likeness (QED) is 0.853. The zero-order valence-corrected chi connectivity index (χ0v) is 11.4. The molecule has 1 saturated heterocycles. The van der Waals surface area contributed by atoms with Gasteiger partial charge >= 0.3 is 0 Å². The molecule has 3 rings (SSSR count). The summed E-state index contributed by atoms with van der Waals surface area (Å²) in [6.07, 6.45) is 3.64. The second-order valence-corrected chi connectivity index (χ2v) is 4.50. The number of ether oxygens (including phenoxy) is 1. The molecule has 0 amide bonds. The Morgan fingerprint density at radius 1 is 1.25 bits per heavy atom. The maximum Gasteiger partial charge on any atom is 0.230 e. The van der Waals surface area contributed by atoms with Crippen LogP contribution in [0.2, 0.25) is 0 Å². The Morgan fingerprint density at radius 2 is 2.05 bits per heavy atom. The van der Waals surface area contributed by atoms with Gasteiger partial charge in [0.1, 0.15) is 0 Å². The Kier molecular flexibility index (Phi) is 3.46. The van der Waals surface area contributed by atoms with Gasteiger partial charge in [-0.25, -0.2) is 0 Å². The normalized spacial score (nSPS) is 15.6. The molecule has 0 spiro atoms. The molecule has 20 heavy (non-hydrogen) atoms. The summed E-state index contributed by atoms with van der Waals surface area (Å²) in [6.45, 7) is 5.70. The fourth-order valence-electron chi connectivity index (χ4n) is 2.07. The fraction of sp³-hybridized carbons (Fsp3) is 0.500. The van der Waals surface area contributed by atoms with Gasteiger partial charge in [-0.3, -0.25) is 4.68 Å². The number of rotatable bonds is 3. The van der Waals surface area contributed by atoms with Gasteiger partial charge in [0.15, 0.2) is 5.82 Å². The first kappa shape index (κ1) is 12.8. The second kappa shape index (κ2) is 5.41. The molecule has 2 N–H and O–H groups in total. The molecular formula is C12H17N7O. The van der Waals surface area contributed by atoms with Crippen molar-refractivity contribution < 1.29 is 4.74 Å². The van der Waals surface area contributed by atoms with E-state index < -0.39 is 0 Å². The van der Waals surface area contributed by atoms with E-state index >= 15 is 0 Å². The lowest BCUT2D eigenvalue weighted by Crippen LogP contribution is -2.37. The van der Waals surface area contributed by atoms with Crippen molar-refractivity contribution in [1.82, 2.24) is 24.7 Å². The molecule has 106 valence electrons. The number of nitrogen functional groups attached to an aromatic ring is 1. The maximum absolute atomic E-state index is 5.80. The zero-order chi connectivity index (χ0) is 13.9. The number of hydrogen-bond donors (Lipinski definition) is 1. The van der Waals surface area contributed by atoms with E-state index in [4.69, 9.17) is 10.5 Å². The highest BCUT2D eigenvalue weighted by atomic mass is 16.5. The maximum atomic E-state index is 5.80. The Bertz CT molecular complexity index is 591. The van der Waals surface area contributed by atoms with Crippen molar-refractivity contribution in [2.75, 3.05) is 36.9 Å². The fourth-order valence-corrected chi connectivity index (χ4v) is 2.07. The smallest absolute Gasteiger partial charge is 0.230 e. The summed E-state index contributed by atoms with van der Waals surface area (Å²) in [5.41, 5.74) is 6.64. The van der Waals surface area contributed by atoms with Gasteiger partial charge in [0.25, 0.3) is 0 Å². The Labute approximate surface area is 116 Å². The molecule has 0 saturated carbocycles. The Morgan fingerprint density at radius 3 is 2.75 bits per heavy atom. The van der Waals surface area contributed by atoms with Crippen LogP contribution in [0, 0.1) is 0 Å². The minimum atomic E-state index is 0.223. The van der Waals surface area contributed by atoms with Crippen LogP contribution in [0.1, 0.15) is 6.92 Å². The lowest BCUT2D eigenvalue weighted by Gasteiger charge is -2.26. The number of anilines is 2. The van der Waals surface area contributed by atoms with Crippen LogP contribution in [0.15, 0.2) is 12.4 Å². The van der Waals surface area contributed by atoms with E-state index in [2.05, 4.69) is 25.0 Å². The standard InChI is InChI=1S/C12H17N7O/c1-2-19-8-9(7-14-19)10-15-11(13)17-12(16-10)18-3-5-20-6-4-18/h7-8H,2-6H2,1H3,(H2,13,15,16,17). The minimum Gasteiger partial charge on any atom is -0.378 e. The first-order valence-electron chi connectivity index (χ1n) is 6.63.